The van der Waals surface area contributed by atoms with E-state index in [4.69, 9.17) is 4.74 Å². The molecule has 0 saturated heterocycles. The molecule has 7 nitrogen and oxygen atoms in total. The molecule has 2 aromatic rings. The van der Waals surface area contributed by atoms with Crippen molar-refractivity contribution >= 4 is 21.6 Å². The number of carbonyl (C=O) groups excluding carboxylic acids is 1. The van der Waals surface area contributed by atoms with Gasteiger partial charge in [0, 0.05) is 37.6 Å². The van der Waals surface area contributed by atoms with E-state index >= 15 is 0 Å². The summed E-state index contributed by atoms with van der Waals surface area (Å²) in [7, 11) is -3.43. The Bertz CT molecular complexity index is 808. The van der Waals surface area contributed by atoms with Crippen LogP contribution in [-0.4, -0.2) is 43.0 Å². The first-order chi connectivity index (χ1) is 12.4. The standard InChI is InChI=1S/C18H23N3O4S/c1-3-25-17-6-4-16(5-7-17)20-18(22)10-13-21(26(2,23)24)14-15-8-11-19-12-9-15/h4-9,11-12H,3,10,13-14H2,1-2H3,(H,20,22). The summed E-state index contributed by atoms with van der Waals surface area (Å²) in [4.78, 5) is 16.0. The second kappa shape index (κ2) is 9.30. The Labute approximate surface area is 154 Å². The van der Waals surface area contributed by atoms with Crippen LogP contribution in [0.1, 0.15) is 18.9 Å². The molecule has 1 amide bonds. The van der Waals surface area contributed by atoms with Gasteiger partial charge >= 0.3 is 0 Å². The van der Waals surface area contributed by atoms with Crippen molar-refractivity contribution in [3.8, 4) is 5.75 Å². The van der Waals surface area contributed by atoms with Gasteiger partial charge in [0.25, 0.3) is 0 Å². The van der Waals surface area contributed by atoms with E-state index in [2.05, 4.69) is 10.3 Å². The van der Waals surface area contributed by atoms with E-state index in [0.29, 0.717) is 12.3 Å². The van der Waals surface area contributed by atoms with Crippen LogP contribution in [0.5, 0.6) is 5.75 Å². The lowest BCUT2D eigenvalue weighted by atomic mass is 10.2. The van der Waals surface area contributed by atoms with E-state index in [-0.39, 0.29) is 25.4 Å². The molecular weight excluding hydrogens is 354 g/mol. The number of pyridine rings is 1. The van der Waals surface area contributed by atoms with Gasteiger partial charge in [-0.2, -0.15) is 4.31 Å². The maximum Gasteiger partial charge on any atom is 0.225 e. The molecule has 0 bridgehead atoms. The molecule has 1 heterocycles. The highest BCUT2D eigenvalue weighted by molar-refractivity contribution is 7.88. The lowest BCUT2D eigenvalue weighted by molar-refractivity contribution is -0.116. The molecule has 8 heteroatoms. The van der Waals surface area contributed by atoms with Gasteiger partial charge in [-0.25, -0.2) is 8.42 Å². The number of aromatic nitrogens is 1. The zero-order valence-corrected chi connectivity index (χ0v) is 15.7. The van der Waals surface area contributed by atoms with Gasteiger partial charge < -0.3 is 10.1 Å². The summed E-state index contributed by atoms with van der Waals surface area (Å²) < 4.78 is 30.6. The van der Waals surface area contributed by atoms with Crippen LogP contribution in [0.15, 0.2) is 48.8 Å². The number of rotatable bonds is 9. The minimum absolute atomic E-state index is 0.0609. The third-order valence-corrected chi connectivity index (χ3v) is 4.86. The predicted octanol–water partition coefficient (Wildman–Crippen LogP) is 2.27. The minimum Gasteiger partial charge on any atom is -0.494 e. The van der Waals surface area contributed by atoms with Gasteiger partial charge in [0.1, 0.15) is 5.75 Å². The van der Waals surface area contributed by atoms with Crippen molar-refractivity contribution in [1.82, 2.24) is 9.29 Å². The molecule has 0 atom stereocenters. The molecule has 2 rings (SSSR count). The quantitative estimate of drug-likeness (QED) is 0.724. The van der Waals surface area contributed by atoms with Crippen LogP contribution in [0.25, 0.3) is 0 Å². The molecule has 1 aromatic carbocycles. The monoisotopic (exact) mass is 377 g/mol. The van der Waals surface area contributed by atoms with E-state index in [1.54, 1.807) is 48.8 Å². The van der Waals surface area contributed by atoms with Gasteiger partial charge in [0.05, 0.1) is 12.9 Å². The number of amides is 1. The van der Waals surface area contributed by atoms with Crippen LogP contribution >= 0.6 is 0 Å². The van der Waals surface area contributed by atoms with Crippen LogP contribution < -0.4 is 10.1 Å². The summed E-state index contributed by atoms with van der Waals surface area (Å²) in [5.74, 6) is 0.476. The van der Waals surface area contributed by atoms with Crippen molar-refractivity contribution in [2.75, 3.05) is 24.7 Å². The van der Waals surface area contributed by atoms with E-state index in [1.807, 2.05) is 6.92 Å². The van der Waals surface area contributed by atoms with E-state index in [1.165, 1.54) is 4.31 Å². The highest BCUT2D eigenvalue weighted by Crippen LogP contribution is 2.16. The van der Waals surface area contributed by atoms with Crippen molar-refractivity contribution < 1.29 is 17.9 Å². The lowest BCUT2D eigenvalue weighted by Gasteiger charge is -2.19. The molecule has 1 N–H and O–H groups in total. The average molecular weight is 377 g/mol. The number of nitrogens with zero attached hydrogens (tertiary/aromatic N) is 2. The van der Waals surface area contributed by atoms with Crippen LogP contribution in [0.4, 0.5) is 5.69 Å². The second-order valence-corrected chi connectivity index (χ2v) is 7.69. The Morgan fingerprint density at radius 1 is 1.15 bits per heavy atom. The summed E-state index contributed by atoms with van der Waals surface area (Å²) in [5.41, 5.74) is 1.45. The van der Waals surface area contributed by atoms with Gasteiger partial charge in [-0.1, -0.05) is 0 Å². The third-order valence-electron chi connectivity index (χ3n) is 3.61. The van der Waals surface area contributed by atoms with Gasteiger partial charge in [-0.3, -0.25) is 9.78 Å². The molecule has 0 fully saturated rings. The first-order valence-corrected chi connectivity index (χ1v) is 10.1. The van der Waals surface area contributed by atoms with Gasteiger partial charge in [0.2, 0.25) is 15.9 Å². The fourth-order valence-corrected chi connectivity index (χ4v) is 3.11. The average Bonchev–Trinajstić information content (AvgIpc) is 2.60. The maximum absolute atomic E-state index is 12.1. The fraction of sp³-hybridized carbons (Fsp3) is 0.333. The SMILES string of the molecule is CCOc1ccc(NC(=O)CCN(Cc2ccncc2)S(C)(=O)=O)cc1. The minimum atomic E-state index is -3.43. The van der Waals surface area contributed by atoms with Crippen molar-refractivity contribution in [2.45, 2.75) is 19.9 Å². The highest BCUT2D eigenvalue weighted by Gasteiger charge is 2.18. The Morgan fingerprint density at radius 3 is 2.38 bits per heavy atom. The van der Waals surface area contributed by atoms with Crippen molar-refractivity contribution in [1.29, 1.82) is 0 Å². The largest absolute Gasteiger partial charge is 0.494 e. The van der Waals surface area contributed by atoms with E-state index < -0.39 is 10.0 Å². The number of anilines is 1. The van der Waals surface area contributed by atoms with Gasteiger partial charge in [0.15, 0.2) is 0 Å². The van der Waals surface area contributed by atoms with Crippen molar-refractivity contribution in [3.05, 3.63) is 54.4 Å². The first-order valence-electron chi connectivity index (χ1n) is 8.25. The van der Waals surface area contributed by atoms with Crippen LogP contribution in [-0.2, 0) is 21.4 Å². The Morgan fingerprint density at radius 2 is 1.81 bits per heavy atom. The van der Waals surface area contributed by atoms with Gasteiger partial charge in [-0.05, 0) is 48.9 Å². The maximum atomic E-state index is 12.1. The molecule has 0 aliphatic carbocycles. The third kappa shape index (κ3) is 6.45. The molecule has 140 valence electrons. The van der Waals surface area contributed by atoms with Crippen LogP contribution in [0, 0.1) is 0 Å². The number of ether oxygens (including phenoxy) is 1. The molecule has 0 unspecified atom stereocenters. The van der Waals surface area contributed by atoms with Crippen LogP contribution in [0.2, 0.25) is 0 Å². The summed E-state index contributed by atoms with van der Waals surface area (Å²) in [6.07, 6.45) is 4.41. The topological polar surface area (TPSA) is 88.6 Å². The van der Waals surface area contributed by atoms with Crippen LogP contribution in [0.3, 0.4) is 0 Å². The summed E-state index contributed by atoms with van der Waals surface area (Å²) >= 11 is 0. The number of sulfonamides is 1. The Hall–Kier alpha value is -2.45. The number of carbonyl (C=O) groups is 1. The molecule has 0 saturated carbocycles. The van der Waals surface area contributed by atoms with E-state index in [9.17, 15) is 13.2 Å². The zero-order chi connectivity index (χ0) is 19.0. The second-order valence-electron chi connectivity index (χ2n) is 5.71. The van der Waals surface area contributed by atoms with Gasteiger partial charge in [-0.15, -0.1) is 0 Å². The fourth-order valence-electron chi connectivity index (χ4n) is 2.30. The Kier molecular flexibility index (Phi) is 7.11. The number of benzene rings is 1. The predicted molar refractivity (Wildman–Crippen MR) is 100 cm³/mol. The first kappa shape index (κ1) is 19.9. The summed E-state index contributed by atoms with van der Waals surface area (Å²) in [6.45, 7) is 2.78. The number of hydrogen-bond donors (Lipinski definition) is 1. The smallest absolute Gasteiger partial charge is 0.225 e. The molecule has 0 aliphatic heterocycles. The molecule has 26 heavy (non-hydrogen) atoms. The molecular formula is C18H23N3O4S. The highest BCUT2D eigenvalue weighted by atomic mass is 32.2. The molecule has 0 radical (unpaired) electrons. The zero-order valence-electron chi connectivity index (χ0n) is 14.9. The normalized spacial score (nSPS) is 11.3. The lowest BCUT2D eigenvalue weighted by Crippen LogP contribution is -2.32. The van der Waals surface area contributed by atoms with E-state index in [0.717, 1.165) is 17.6 Å². The van der Waals surface area contributed by atoms with Crippen molar-refractivity contribution in [2.24, 2.45) is 0 Å². The Balaban J connectivity index is 1.92. The number of hydrogen-bond acceptors (Lipinski definition) is 5. The summed E-state index contributed by atoms with van der Waals surface area (Å²) in [6, 6.07) is 10.5. The molecule has 0 spiro atoms. The number of nitrogens with one attached hydrogen (secondary N) is 1. The molecule has 0 aliphatic rings. The summed E-state index contributed by atoms with van der Waals surface area (Å²) in [5, 5.41) is 2.76. The molecule has 1 aromatic heterocycles. The van der Waals surface area contributed by atoms with Crippen molar-refractivity contribution in [3.63, 3.8) is 0 Å².